The summed E-state index contributed by atoms with van der Waals surface area (Å²) in [6, 6.07) is 12.2. The molecule has 3 nitrogen and oxygen atoms in total. The molecule has 0 amide bonds. The van der Waals surface area contributed by atoms with Crippen LogP contribution in [0.25, 0.3) is 0 Å². The van der Waals surface area contributed by atoms with E-state index in [2.05, 4.69) is 0 Å². The lowest BCUT2D eigenvalue weighted by atomic mass is 10.0. The van der Waals surface area contributed by atoms with E-state index in [1.54, 1.807) is 18.2 Å². The van der Waals surface area contributed by atoms with Crippen molar-refractivity contribution in [2.75, 3.05) is 0 Å². The Labute approximate surface area is 112 Å². The first-order chi connectivity index (χ1) is 9.09. The van der Waals surface area contributed by atoms with Crippen LogP contribution in [0.4, 0.5) is 0 Å². The molecular formula is C16H16O3. The van der Waals surface area contributed by atoms with Gasteiger partial charge < -0.3 is 9.84 Å². The van der Waals surface area contributed by atoms with Crippen molar-refractivity contribution in [1.82, 2.24) is 0 Å². The SMILES string of the molecule is Cc1cccc(COC(=O)c2ccccc2O)c1C. The molecule has 0 saturated heterocycles. The summed E-state index contributed by atoms with van der Waals surface area (Å²) in [7, 11) is 0. The van der Waals surface area contributed by atoms with Gasteiger partial charge in [-0.3, -0.25) is 0 Å². The van der Waals surface area contributed by atoms with E-state index in [-0.39, 0.29) is 17.9 Å². The first kappa shape index (κ1) is 13.1. The average Bonchev–Trinajstić information content (AvgIpc) is 2.40. The maximum Gasteiger partial charge on any atom is 0.342 e. The molecule has 0 heterocycles. The lowest BCUT2D eigenvalue weighted by Gasteiger charge is -2.10. The third kappa shape index (κ3) is 2.94. The van der Waals surface area contributed by atoms with E-state index in [1.807, 2.05) is 32.0 Å². The first-order valence-electron chi connectivity index (χ1n) is 6.10. The molecule has 0 radical (unpaired) electrons. The van der Waals surface area contributed by atoms with E-state index in [0.29, 0.717) is 0 Å². The number of esters is 1. The van der Waals surface area contributed by atoms with Crippen molar-refractivity contribution in [1.29, 1.82) is 0 Å². The molecule has 3 heteroatoms. The molecule has 1 N–H and O–H groups in total. The highest BCUT2D eigenvalue weighted by molar-refractivity contribution is 5.92. The number of phenols is 1. The molecule has 2 aromatic rings. The fraction of sp³-hybridized carbons (Fsp3) is 0.188. The van der Waals surface area contributed by atoms with Crippen LogP contribution in [-0.2, 0) is 11.3 Å². The number of ether oxygens (including phenoxy) is 1. The number of aromatic hydroxyl groups is 1. The Morgan fingerprint density at radius 2 is 1.84 bits per heavy atom. The van der Waals surface area contributed by atoms with Gasteiger partial charge in [-0.1, -0.05) is 30.3 Å². The van der Waals surface area contributed by atoms with E-state index in [9.17, 15) is 9.90 Å². The van der Waals surface area contributed by atoms with Gasteiger partial charge in [0.15, 0.2) is 0 Å². The highest BCUT2D eigenvalue weighted by atomic mass is 16.5. The number of para-hydroxylation sites is 1. The second-order valence-electron chi connectivity index (χ2n) is 4.45. The Morgan fingerprint density at radius 1 is 1.11 bits per heavy atom. The van der Waals surface area contributed by atoms with E-state index in [1.165, 1.54) is 6.07 Å². The molecule has 2 rings (SSSR count). The number of hydrogen-bond donors (Lipinski definition) is 1. The molecule has 0 aliphatic heterocycles. The van der Waals surface area contributed by atoms with Crippen molar-refractivity contribution in [3.05, 3.63) is 64.7 Å². The van der Waals surface area contributed by atoms with Crippen LogP contribution in [0.2, 0.25) is 0 Å². The van der Waals surface area contributed by atoms with Crippen LogP contribution >= 0.6 is 0 Å². The zero-order valence-corrected chi connectivity index (χ0v) is 11.0. The van der Waals surface area contributed by atoms with Crippen LogP contribution in [0.5, 0.6) is 5.75 Å². The number of hydrogen-bond acceptors (Lipinski definition) is 3. The minimum atomic E-state index is -0.515. The van der Waals surface area contributed by atoms with Crippen LogP contribution < -0.4 is 0 Å². The molecule has 2 aromatic carbocycles. The van der Waals surface area contributed by atoms with Crippen molar-refractivity contribution >= 4 is 5.97 Å². The first-order valence-corrected chi connectivity index (χ1v) is 6.10. The predicted molar refractivity (Wildman–Crippen MR) is 73.1 cm³/mol. The summed E-state index contributed by atoms with van der Waals surface area (Å²) < 4.78 is 5.23. The molecule has 0 aromatic heterocycles. The molecule has 0 bridgehead atoms. The number of carbonyl (C=O) groups excluding carboxylic acids is 1. The highest BCUT2D eigenvalue weighted by Gasteiger charge is 2.12. The van der Waals surface area contributed by atoms with Gasteiger partial charge in [-0.15, -0.1) is 0 Å². The fourth-order valence-corrected chi connectivity index (χ4v) is 1.84. The predicted octanol–water partition coefficient (Wildman–Crippen LogP) is 3.37. The molecule has 0 unspecified atom stereocenters. The van der Waals surface area contributed by atoms with Crippen LogP contribution in [0.1, 0.15) is 27.0 Å². The van der Waals surface area contributed by atoms with Crippen molar-refractivity contribution in [3.8, 4) is 5.75 Å². The van der Waals surface area contributed by atoms with Crippen LogP contribution in [0.3, 0.4) is 0 Å². The van der Waals surface area contributed by atoms with E-state index >= 15 is 0 Å². The van der Waals surface area contributed by atoms with Crippen LogP contribution in [-0.4, -0.2) is 11.1 Å². The average molecular weight is 256 g/mol. The van der Waals surface area contributed by atoms with Gasteiger partial charge in [-0.2, -0.15) is 0 Å². The quantitative estimate of drug-likeness (QED) is 0.856. The number of phenolic OH excluding ortho intramolecular Hbond substituents is 1. The Bertz CT molecular complexity index is 603. The lowest BCUT2D eigenvalue weighted by Crippen LogP contribution is -2.06. The summed E-state index contributed by atoms with van der Waals surface area (Å²) in [5.74, 6) is -0.576. The van der Waals surface area contributed by atoms with Crippen molar-refractivity contribution in [3.63, 3.8) is 0 Å². The zero-order valence-electron chi connectivity index (χ0n) is 11.0. The molecular weight excluding hydrogens is 240 g/mol. The molecule has 0 aliphatic carbocycles. The number of rotatable bonds is 3. The van der Waals surface area contributed by atoms with Gasteiger partial charge in [0.1, 0.15) is 17.9 Å². The minimum Gasteiger partial charge on any atom is -0.507 e. The van der Waals surface area contributed by atoms with Gasteiger partial charge in [-0.25, -0.2) is 4.79 Å². The molecule has 0 fully saturated rings. The highest BCUT2D eigenvalue weighted by Crippen LogP contribution is 2.18. The molecule has 98 valence electrons. The monoisotopic (exact) mass is 256 g/mol. The molecule has 0 aliphatic rings. The maximum absolute atomic E-state index is 11.9. The molecule has 0 spiro atoms. The summed E-state index contributed by atoms with van der Waals surface area (Å²) >= 11 is 0. The van der Waals surface area contributed by atoms with Gasteiger partial charge in [0.2, 0.25) is 0 Å². The Balaban J connectivity index is 2.09. The van der Waals surface area contributed by atoms with Crippen molar-refractivity contribution in [2.24, 2.45) is 0 Å². The third-order valence-electron chi connectivity index (χ3n) is 3.20. The topological polar surface area (TPSA) is 46.5 Å². The molecule has 0 saturated carbocycles. The van der Waals surface area contributed by atoms with Crippen LogP contribution in [0.15, 0.2) is 42.5 Å². The van der Waals surface area contributed by atoms with Crippen molar-refractivity contribution < 1.29 is 14.6 Å². The van der Waals surface area contributed by atoms with E-state index in [4.69, 9.17) is 4.74 Å². The summed E-state index contributed by atoms with van der Waals surface area (Å²) in [5, 5.41) is 9.58. The normalized spacial score (nSPS) is 10.2. The van der Waals surface area contributed by atoms with E-state index in [0.717, 1.165) is 16.7 Å². The molecule has 0 atom stereocenters. The van der Waals surface area contributed by atoms with Crippen LogP contribution in [0, 0.1) is 13.8 Å². The smallest absolute Gasteiger partial charge is 0.342 e. The summed E-state index contributed by atoms with van der Waals surface area (Å²) in [6.45, 7) is 4.23. The largest absolute Gasteiger partial charge is 0.507 e. The fourth-order valence-electron chi connectivity index (χ4n) is 1.84. The maximum atomic E-state index is 11.9. The second kappa shape index (κ2) is 5.57. The summed E-state index contributed by atoms with van der Waals surface area (Å²) in [4.78, 5) is 11.9. The number of benzene rings is 2. The lowest BCUT2D eigenvalue weighted by molar-refractivity contribution is 0.0469. The van der Waals surface area contributed by atoms with Crippen molar-refractivity contribution in [2.45, 2.75) is 20.5 Å². The minimum absolute atomic E-state index is 0.0616. The Morgan fingerprint density at radius 3 is 2.58 bits per heavy atom. The van der Waals surface area contributed by atoms with Gasteiger partial charge in [0.05, 0.1) is 0 Å². The number of carbonyl (C=O) groups is 1. The summed E-state index contributed by atoms with van der Waals surface area (Å²) in [5.41, 5.74) is 3.44. The molecule has 19 heavy (non-hydrogen) atoms. The van der Waals surface area contributed by atoms with Gasteiger partial charge in [0.25, 0.3) is 0 Å². The summed E-state index contributed by atoms with van der Waals surface area (Å²) in [6.07, 6.45) is 0. The standard InChI is InChI=1S/C16H16O3/c1-11-6-5-7-13(12(11)2)10-19-16(18)14-8-3-4-9-15(14)17/h3-9,17H,10H2,1-2H3. The number of aryl methyl sites for hydroxylation is 1. The van der Waals surface area contributed by atoms with Gasteiger partial charge >= 0.3 is 5.97 Å². The second-order valence-corrected chi connectivity index (χ2v) is 4.45. The van der Waals surface area contributed by atoms with Gasteiger partial charge in [-0.05, 0) is 42.7 Å². The zero-order chi connectivity index (χ0) is 13.8. The van der Waals surface area contributed by atoms with Gasteiger partial charge in [0, 0.05) is 0 Å². The van der Waals surface area contributed by atoms with E-state index < -0.39 is 5.97 Å². The third-order valence-corrected chi connectivity index (χ3v) is 3.20. The Kier molecular flexibility index (Phi) is 3.85. The Hall–Kier alpha value is -2.29.